The predicted octanol–water partition coefficient (Wildman–Crippen LogP) is 2.27. The molecule has 1 aliphatic rings. The molecule has 0 atom stereocenters. The first kappa shape index (κ1) is 10.4. The number of halogens is 2. The van der Waals surface area contributed by atoms with Crippen LogP contribution in [0, 0.1) is 11.6 Å². The fourth-order valence-electron chi connectivity index (χ4n) is 1.91. The van der Waals surface area contributed by atoms with E-state index in [9.17, 15) is 8.78 Å². The van der Waals surface area contributed by atoms with E-state index in [-0.39, 0.29) is 17.9 Å². The van der Waals surface area contributed by atoms with Gasteiger partial charge in [-0.3, -0.25) is 4.90 Å². The smallest absolute Gasteiger partial charge is 0.134 e. The van der Waals surface area contributed by atoms with Crippen LogP contribution in [0.2, 0.25) is 0 Å². The van der Waals surface area contributed by atoms with E-state index in [0.29, 0.717) is 0 Å². The van der Waals surface area contributed by atoms with Gasteiger partial charge in [-0.25, -0.2) is 8.78 Å². The summed E-state index contributed by atoms with van der Waals surface area (Å²) in [6, 6.07) is 1.91. The molecule has 82 valence electrons. The van der Waals surface area contributed by atoms with Gasteiger partial charge in [-0.05, 0) is 25.9 Å². The molecular weight excluding hydrogens is 200 g/mol. The largest absolute Gasteiger partial charge is 0.508 e. The Morgan fingerprint density at radius 3 is 2.20 bits per heavy atom. The van der Waals surface area contributed by atoms with Gasteiger partial charge in [0.2, 0.25) is 0 Å². The summed E-state index contributed by atoms with van der Waals surface area (Å²) in [4.78, 5) is 2.01. The van der Waals surface area contributed by atoms with Crippen LogP contribution in [0.15, 0.2) is 12.1 Å². The third kappa shape index (κ3) is 2.26. The maximum Gasteiger partial charge on any atom is 0.134 e. The average molecular weight is 213 g/mol. The van der Waals surface area contributed by atoms with Gasteiger partial charge in [-0.1, -0.05) is 0 Å². The Labute approximate surface area is 87.1 Å². The van der Waals surface area contributed by atoms with Crippen LogP contribution in [0.5, 0.6) is 5.75 Å². The highest BCUT2D eigenvalue weighted by Crippen LogP contribution is 2.22. The van der Waals surface area contributed by atoms with Crippen molar-refractivity contribution in [1.29, 1.82) is 0 Å². The highest BCUT2D eigenvalue weighted by atomic mass is 19.1. The molecule has 0 unspecified atom stereocenters. The molecule has 0 aliphatic carbocycles. The summed E-state index contributed by atoms with van der Waals surface area (Å²) in [5.74, 6) is -1.70. The number of nitrogens with zero attached hydrogens (tertiary/aromatic N) is 1. The number of hydrogen-bond donors (Lipinski definition) is 1. The second kappa shape index (κ2) is 4.14. The van der Waals surface area contributed by atoms with Crippen molar-refractivity contribution in [2.75, 3.05) is 13.1 Å². The molecule has 1 saturated heterocycles. The summed E-state index contributed by atoms with van der Waals surface area (Å²) in [5, 5.41) is 8.99. The summed E-state index contributed by atoms with van der Waals surface area (Å²) in [5.41, 5.74) is 0.0506. The lowest BCUT2D eigenvalue weighted by molar-refractivity contribution is 0.317. The first-order chi connectivity index (χ1) is 7.16. The molecule has 2 nitrogen and oxygen atoms in total. The molecule has 4 heteroatoms. The van der Waals surface area contributed by atoms with E-state index >= 15 is 0 Å². The average Bonchev–Trinajstić information content (AvgIpc) is 2.63. The maximum atomic E-state index is 13.3. The molecular formula is C11H13F2NO. The molecule has 15 heavy (non-hydrogen) atoms. The Balaban J connectivity index is 2.19. The molecule has 0 bridgehead atoms. The number of likely N-dealkylation sites (tertiary alicyclic amines) is 1. The summed E-state index contributed by atoms with van der Waals surface area (Å²) in [6.07, 6.45) is 2.17. The summed E-state index contributed by atoms with van der Waals surface area (Å²) in [6.45, 7) is 2.07. The molecule has 1 fully saturated rings. The van der Waals surface area contributed by atoms with Crippen molar-refractivity contribution < 1.29 is 13.9 Å². The van der Waals surface area contributed by atoms with Gasteiger partial charge < -0.3 is 5.11 Å². The molecule has 0 aromatic heterocycles. The molecule has 0 amide bonds. The predicted molar refractivity (Wildman–Crippen MR) is 52.5 cm³/mol. The first-order valence-electron chi connectivity index (χ1n) is 5.06. The zero-order valence-electron chi connectivity index (χ0n) is 8.34. The molecule has 1 aromatic rings. The first-order valence-corrected chi connectivity index (χ1v) is 5.06. The second-order valence-electron chi connectivity index (χ2n) is 3.87. The molecule has 0 spiro atoms. The topological polar surface area (TPSA) is 23.5 Å². The Hall–Kier alpha value is -1.16. The zero-order chi connectivity index (χ0) is 10.8. The Kier molecular flexibility index (Phi) is 2.86. The minimum Gasteiger partial charge on any atom is -0.508 e. The summed E-state index contributed by atoms with van der Waals surface area (Å²) in [7, 11) is 0. The second-order valence-corrected chi connectivity index (χ2v) is 3.87. The van der Waals surface area contributed by atoms with Crippen LogP contribution in [-0.4, -0.2) is 23.1 Å². The van der Waals surface area contributed by atoms with Crippen LogP contribution in [-0.2, 0) is 6.54 Å². The quantitative estimate of drug-likeness (QED) is 0.814. The van der Waals surface area contributed by atoms with Crippen LogP contribution in [0.3, 0.4) is 0 Å². The molecule has 1 N–H and O–H groups in total. The van der Waals surface area contributed by atoms with Gasteiger partial charge in [-0.2, -0.15) is 0 Å². The fraction of sp³-hybridized carbons (Fsp3) is 0.455. The highest BCUT2D eigenvalue weighted by Gasteiger charge is 2.17. The van der Waals surface area contributed by atoms with E-state index in [1.54, 1.807) is 0 Å². The number of aromatic hydroxyl groups is 1. The highest BCUT2D eigenvalue weighted by molar-refractivity contribution is 5.29. The number of rotatable bonds is 2. The standard InChI is InChI=1S/C11H13F2NO/c12-10-5-8(15)6-11(13)9(10)7-14-3-1-2-4-14/h5-6,15H,1-4,7H2. The van der Waals surface area contributed by atoms with Gasteiger partial charge in [0, 0.05) is 24.2 Å². The number of phenolic OH excluding ortho intramolecular Hbond substituents is 1. The van der Waals surface area contributed by atoms with Crippen LogP contribution in [0.25, 0.3) is 0 Å². The molecule has 0 saturated carbocycles. The van der Waals surface area contributed by atoms with E-state index in [1.807, 2.05) is 4.90 Å². The minimum atomic E-state index is -0.667. The van der Waals surface area contributed by atoms with Crippen molar-refractivity contribution >= 4 is 0 Å². The Bertz CT molecular complexity index is 339. The SMILES string of the molecule is Oc1cc(F)c(CN2CCCC2)c(F)c1. The molecule has 1 heterocycles. The lowest BCUT2D eigenvalue weighted by atomic mass is 10.1. The van der Waals surface area contributed by atoms with Gasteiger partial charge in [0.25, 0.3) is 0 Å². The van der Waals surface area contributed by atoms with E-state index in [4.69, 9.17) is 5.11 Å². The number of phenols is 1. The lowest BCUT2D eigenvalue weighted by Gasteiger charge is -2.15. The van der Waals surface area contributed by atoms with Crippen molar-refractivity contribution in [3.05, 3.63) is 29.3 Å². The number of hydrogen-bond acceptors (Lipinski definition) is 2. The molecule has 0 radical (unpaired) electrons. The van der Waals surface area contributed by atoms with Crippen LogP contribution >= 0.6 is 0 Å². The Morgan fingerprint density at radius 1 is 1.13 bits per heavy atom. The van der Waals surface area contributed by atoms with Crippen LogP contribution in [0.1, 0.15) is 18.4 Å². The van der Waals surface area contributed by atoms with Gasteiger partial charge in [0.05, 0.1) is 0 Å². The summed E-state index contributed by atoms with van der Waals surface area (Å²) >= 11 is 0. The number of benzene rings is 1. The van der Waals surface area contributed by atoms with Crippen molar-refractivity contribution in [2.24, 2.45) is 0 Å². The molecule has 1 aliphatic heterocycles. The lowest BCUT2D eigenvalue weighted by Crippen LogP contribution is -2.20. The van der Waals surface area contributed by atoms with Gasteiger partial charge >= 0.3 is 0 Å². The van der Waals surface area contributed by atoms with E-state index < -0.39 is 11.6 Å². The van der Waals surface area contributed by atoms with E-state index in [2.05, 4.69) is 0 Å². The van der Waals surface area contributed by atoms with Crippen molar-refractivity contribution in [1.82, 2.24) is 4.90 Å². The van der Waals surface area contributed by atoms with Crippen molar-refractivity contribution in [3.8, 4) is 5.75 Å². The maximum absolute atomic E-state index is 13.3. The van der Waals surface area contributed by atoms with Crippen LogP contribution < -0.4 is 0 Å². The zero-order valence-corrected chi connectivity index (χ0v) is 8.34. The van der Waals surface area contributed by atoms with Crippen LogP contribution in [0.4, 0.5) is 8.78 Å². The molecule has 1 aromatic carbocycles. The monoisotopic (exact) mass is 213 g/mol. The minimum absolute atomic E-state index is 0.0506. The van der Waals surface area contributed by atoms with Crippen molar-refractivity contribution in [3.63, 3.8) is 0 Å². The van der Waals surface area contributed by atoms with Gasteiger partial charge in [0.15, 0.2) is 0 Å². The fourth-order valence-corrected chi connectivity index (χ4v) is 1.91. The van der Waals surface area contributed by atoms with E-state index in [0.717, 1.165) is 38.1 Å². The summed E-state index contributed by atoms with van der Waals surface area (Å²) < 4.78 is 26.7. The normalized spacial score (nSPS) is 17.2. The Morgan fingerprint density at radius 2 is 1.67 bits per heavy atom. The van der Waals surface area contributed by atoms with Gasteiger partial charge in [0.1, 0.15) is 17.4 Å². The third-order valence-corrected chi connectivity index (χ3v) is 2.71. The van der Waals surface area contributed by atoms with Gasteiger partial charge in [-0.15, -0.1) is 0 Å². The van der Waals surface area contributed by atoms with Crippen molar-refractivity contribution in [2.45, 2.75) is 19.4 Å². The van der Waals surface area contributed by atoms with E-state index in [1.165, 1.54) is 0 Å². The molecule has 2 rings (SSSR count). The third-order valence-electron chi connectivity index (χ3n) is 2.71.